The van der Waals surface area contributed by atoms with Gasteiger partial charge in [0.15, 0.2) is 0 Å². The van der Waals surface area contributed by atoms with Crippen LogP contribution in [0.1, 0.15) is 54.5 Å². The molecule has 5 heteroatoms. The molecule has 1 aliphatic carbocycles. The highest BCUT2D eigenvalue weighted by atomic mass is 32.1. The molecule has 1 aromatic carbocycles. The maximum atomic E-state index is 12.9. The van der Waals surface area contributed by atoms with Crippen molar-refractivity contribution in [3.8, 4) is 5.75 Å². The molecule has 1 saturated heterocycles. The van der Waals surface area contributed by atoms with Crippen molar-refractivity contribution in [1.29, 1.82) is 0 Å². The molecule has 2 fully saturated rings. The Labute approximate surface area is 159 Å². The summed E-state index contributed by atoms with van der Waals surface area (Å²) in [7, 11) is 1.69. The van der Waals surface area contributed by atoms with Crippen molar-refractivity contribution < 1.29 is 9.53 Å². The van der Waals surface area contributed by atoms with Gasteiger partial charge in [-0.2, -0.15) is 0 Å². The van der Waals surface area contributed by atoms with Crippen molar-refractivity contribution in [3.05, 3.63) is 46.4 Å². The Bertz CT molecular complexity index is 717. The first-order valence-corrected chi connectivity index (χ1v) is 10.4. The molecule has 1 unspecified atom stereocenters. The Kier molecular flexibility index (Phi) is 5.25. The van der Waals surface area contributed by atoms with Crippen LogP contribution in [0.5, 0.6) is 5.75 Å². The zero-order valence-corrected chi connectivity index (χ0v) is 16.1. The Balaban J connectivity index is 1.36. The summed E-state index contributed by atoms with van der Waals surface area (Å²) in [6.07, 6.45) is 7.09. The molecular weight excluding hydrogens is 344 g/mol. The first-order chi connectivity index (χ1) is 12.7. The van der Waals surface area contributed by atoms with Crippen LogP contribution in [0.2, 0.25) is 0 Å². The van der Waals surface area contributed by atoms with Crippen molar-refractivity contribution in [2.45, 2.75) is 43.9 Å². The van der Waals surface area contributed by atoms with E-state index in [-0.39, 0.29) is 0 Å². The van der Waals surface area contributed by atoms with Crippen molar-refractivity contribution in [2.24, 2.45) is 5.92 Å². The Morgan fingerprint density at radius 3 is 2.54 bits per heavy atom. The maximum Gasteiger partial charge on any atom is 0.223 e. The fraction of sp³-hybridized carbons (Fsp3) is 0.524. The molecule has 2 aromatic rings. The molecule has 0 radical (unpaired) electrons. The number of ether oxygens (including phenoxy) is 1. The molecule has 1 saturated carbocycles. The van der Waals surface area contributed by atoms with Gasteiger partial charge in [0, 0.05) is 37.0 Å². The summed E-state index contributed by atoms with van der Waals surface area (Å²) in [5, 5.41) is 3.27. The number of carbonyl (C=O) groups excluding carboxylic acids is 1. The number of hydrogen-bond acceptors (Lipinski definition) is 4. The van der Waals surface area contributed by atoms with Gasteiger partial charge in [-0.3, -0.25) is 4.79 Å². The number of methoxy groups -OCH3 is 1. The maximum absolute atomic E-state index is 12.9. The van der Waals surface area contributed by atoms with Gasteiger partial charge in [0.2, 0.25) is 5.91 Å². The summed E-state index contributed by atoms with van der Waals surface area (Å²) < 4.78 is 5.26. The number of carbonyl (C=O) groups is 1. The van der Waals surface area contributed by atoms with Crippen LogP contribution in [0, 0.1) is 5.92 Å². The van der Waals surface area contributed by atoms with E-state index in [0.29, 0.717) is 30.1 Å². The summed E-state index contributed by atoms with van der Waals surface area (Å²) in [5.41, 5.74) is 1.28. The summed E-state index contributed by atoms with van der Waals surface area (Å²) in [5.74, 6) is 2.74. The van der Waals surface area contributed by atoms with E-state index in [1.54, 1.807) is 18.4 Å². The Morgan fingerprint density at radius 2 is 1.96 bits per heavy atom. The highest BCUT2D eigenvalue weighted by Crippen LogP contribution is 2.45. The van der Waals surface area contributed by atoms with Gasteiger partial charge in [0.05, 0.1) is 12.1 Å². The van der Waals surface area contributed by atoms with Crippen molar-refractivity contribution >= 4 is 17.2 Å². The third kappa shape index (κ3) is 3.93. The van der Waals surface area contributed by atoms with Crippen LogP contribution in [0.3, 0.4) is 0 Å². The molecule has 1 aromatic heterocycles. The van der Waals surface area contributed by atoms with Crippen LogP contribution < -0.4 is 4.74 Å². The number of hydrogen-bond donors (Lipinski definition) is 0. The largest absolute Gasteiger partial charge is 0.497 e. The third-order valence-corrected chi connectivity index (χ3v) is 6.72. The van der Waals surface area contributed by atoms with Crippen molar-refractivity contribution in [1.82, 2.24) is 9.88 Å². The molecule has 1 atom stereocenters. The monoisotopic (exact) mass is 370 g/mol. The van der Waals surface area contributed by atoms with Gasteiger partial charge >= 0.3 is 0 Å². The lowest BCUT2D eigenvalue weighted by atomic mass is 9.89. The first-order valence-electron chi connectivity index (χ1n) is 9.55. The summed E-state index contributed by atoms with van der Waals surface area (Å²) in [6.45, 7) is 1.73. The van der Waals surface area contributed by atoms with Crippen LogP contribution in [0.4, 0.5) is 0 Å². The van der Waals surface area contributed by atoms with Crippen molar-refractivity contribution in [2.75, 3.05) is 20.2 Å². The SMILES string of the molecule is COc1ccc(C(CC(=O)N2CCC(c3nccs3)CC2)C2CC2)cc1. The second kappa shape index (κ2) is 7.78. The summed E-state index contributed by atoms with van der Waals surface area (Å²) in [4.78, 5) is 19.4. The van der Waals surface area contributed by atoms with E-state index in [9.17, 15) is 4.79 Å². The number of aromatic nitrogens is 1. The van der Waals surface area contributed by atoms with E-state index < -0.39 is 0 Å². The lowest BCUT2D eigenvalue weighted by Gasteiger charge is -2.32. The minimum Gasteiger partial charge on any atom is -0.497 e. The minimum absolute atomic E-state index is 0.315. The summed E-state index contributed by atoms with van der Waals surface area (Å²) in [6, 6.07) is 8.27. The second-order valence-corrected chi connectivity index (χ2v) is 8.37. The average Bonchev–Trinajstić information content (AvgIpc) is 3.39. The number of amides is 1. The number of nitrogens with zero attached hydrogens (tertiary/aromatic N) is 2. The van der Waals surface area contributed by atoms with E-state index in [4.69, 9.17) is 4.74 Å². The number of likely N-dealkylation sites (tertiary alicyclic amines) is 1. The molecule has 4 rings (SSSR count). The predicted octanol–water partition coefficient (Wildman–Crippen LogP) is 4.44. The van der Waals surface area contributed by atoms with E-state index in [1.165, 1.54) is 23.4 Å². The van der Waals surface area contributed by atoms with Crippen LogP contribution >= 0.6 is 11.3 Å². The fourth-order valence-electron chi connectivity index (χ4n) is 4.04. The van der Waals surface area contributed by atoms with E-state index in [0.717, 1.165) is 31.7 Å². The number of benzene rings is 1. The Hall–Kier alpha value is -1.88. The van der Waals surface area contributed by atoms with Gasteiger partial charge in [-0.25, -0.2) is 4.98 Å². The van der Waals surface area contributed by atoms with Gasteiger partial charge in [-0.05, 0) is 55.2 Å². The van der Waals surface area contributed by atoms with Crippen LogP contribution in [-0.4, -0.2) is 36.0 Å². The second-order valence-electron chi connectivity index (χ2n) is 7.45. The average molecular weight is 371 g/mol. The molecule has 2 heterocycles. The molecule has 0 bridgehead atoms. The molecule has 1 aliphatic heterocycles. The Morgan fingerprint density at radius 1 is 1.23 bits per heavy atom. The molecular formula is C21H26N2O2S. The molecule has 1 amide bonds. The third-order valence-electron chi connectivity index (χ3n) is 5.78. The normalized spacial score (nSPS) is 19.3. The topological polar surface area (TPSA) is 42.4 Å². The van der Waals surface area contributed by atoms with Crippen LogP contribution in [-0.2, 0) is 4.79 Å². The highest BCUT2D eigenvalue weighted by molar-refractivity contribution is 7.09. The molecule has 26 heavy (non-hydrogen) atoms. The van der Waals surface area contributed by atoms with Gasteiger partial charge in [-0.15, -0.1) is 11.3 Å². The van der Waals surface area contributed by atoms with Crippen LogP contribution in [0.15, 0.2) is 35.8 Å². The smallest absolute Gasteiger partial charge is 0.223 e. The van der Waals surface area contributed by atoms with Crippen molar-refractivity contribution in [3.63, 3.8) is 0 Å². The minimum atomic E-state index is 0.315. The molecule has 0 spiro atoms. The number of thiazole rings is 1. The van der Waals surface area contributed by atoms with Crippen LogP contribution in [0.25, 0.3) is 0 Å². The molecule has 0 N–H and O–H groups in total. The standard InChI is InChI=1S/C21H26N2O2S/c1-25-18-6-4-16(5-7-18)19(15-2-3-15)14-20(24)23-11-8-17(9-12-23)21-22-10-13-26-21/h4-7,10,13,15,17,19H,2-3,8-9,11-12,14H2,1H3. The lowest BCUT2D eigenvalue weighted by Crippen LogP contribution is -2.38. The first kappa shape index (κ1) is 17.5. The number of piperidine rings is 1. The molecule has 138 valence electrons. The van der Waals surface area contributed by atoms with Gasteiger partial charge < -0.3 is 9.64 Å². The zero-order valence-electron chi connectivity index (χ0n) is 15.3. The quantitative estimate of drug-likeness (QED) is 0.755. The molecule has 2 aliphatic rings. The van der Waals surface area contributed by atoms with Gasteiger partial charge in [-0.1, -0.05) is 12.1 Å². The fourth-order valence-corrected chi connectivity index (χ4v) is 4.85. The van der Waals surface area contributed by atoms with Gasteiger partial charge in [0.1, 0.15) is 5.75 Å². The highest BCUT2D eigenvalue weighted by Gasteiger charge is 2.35. The van der Waals surface area contributed by atoms with E-state index in [2.05, 4.69) is 22.0 Å². The van der Waals surface area contributed by atoms with Gasteiger partial charge in [0.25, 0.3) is 0 Å². The predicted molar refractivity (Wildman–Crippen MR) is 104 cm³/mol. The lowest BCUT2D eigenvalue weighted by molar-refractivity contribution is -0.132. The van der Waals surface area contributed by atoms with E-state index >= 15 is 0 Å². The number of rotatable bonds is 6. The zero-order chi connectivity index (χ0) is 17.9. The van der Waals surface area contributed by atoms with E-state index in [1.807, 2.05) is 23.7 Å². The molecule has 4 nitrogen and oxygen atoms in total. The summed E-state index contributed by atoms with van der Waals surface area (Å²) >= 11 is 1.74.